The topological polar surface area (TPSA) is 59.1 Å². The van der Waals surface area contributed by atoms with E-state index in [4.69, 9.17) is 5.73 Å². The fraction of sp³-hybridized carbons (Fsp3) is 0.375. The molecule has 1 heterocycles. The summed E-state index contributed by atoms with van der Waals surface area (Å²) in [4.78, 5) is 3.84. The lowest BCUT2D eigenvalue weighted by Crippen LogP contribution is -2.24. The van der Waals surface area contributed by atoms with Gasteiger partial charge in [-0.3, -0.25) is 4.98 Å². The molecule has 5 heteroatoms. The number of nitrogens with two attached hydrogens (primary N) is 1. The average molecular weight is 225 g/mol. The van der Waals surface area contributed by atoms with E-state index in [1.807, 2.05) is 0 Å². The molecule has 13 heavy (non-hydrogen) atoms. The number of hydrogen-bond acceptors (Lipinski definition) is 3. The molecule has 2 unspecified atom stereocenters. The summed E-state index contributed by atoms with van der Waals surface area (Å²) in [6, 6.07) is 3.28. The maximum Gasteiger partial charge on any atom is 0.0939 e. The predicted octanol–water partition coefficient (Wildman–Crippen LogP) is 1.31. The van der Waals surface area contributed by atoms with Crippen molar-refractivity contribution in [1.82, 2.24) is 4.98 Å². The van der Waals surface area contributed by atoms with Gasteiger partial charge in [0.05, 0.1) is 6.10 Å². The van der Waals surface area contributed by atoms with E-state index in [0.29, 0.717) is 0 Å². The Kier molecular flexibility index (Phi) is 8.26. The van der Waals surface area contributed by atoms with Gasteiger partial charge < -0.3 is 10.8 Å². The molecule has 0 aromatic carbocycles. The van der Waals surface area contributed by atoms with Gasteiger partial charge in [-0.05, 0) is 24.6 Å². The van der Waals surface area contributed by atoms with E-state index >= 15 is 0 Å². The van der Waals surface area contributed by atoms with Gasteiger partial charge in [0.15, 0.2) is 0 Å². The standard InChI is InChI=1S/C8H12N2O.2ClH/c1-6(9)8(11)7-2-4-10-5-3-7;;/h2-6,8,11H,9H2,1H3;2*1H. The molecule has 0 aliphatic rings. The van der Waals surface area contributed by atoms with Gasteiger partial charge >= 0.3 is 0 Å². The molecule has 0 radical (unpaired) electrons. The third kappa shape index (κ3) is 4.43. The highest BCUT2D eigenvalue weighted by atomic mass is 35.5. The summed E-state index contributed by atoms with van der Waals surface area (Å²) in [5, 5.41) is 9.44. The summed E-state index contributed by atoms with van der Waals surface area (Å²) in [5.41, 5.74) is 6.31. The Morgan fingerprint density at radius 3 is 2.15 bits per heavy atom. The molecule has 0 saturated carbocycles. The van der Waals surface area contributed by atoms with Crippen molar-refractivity contribution in [1.29, 1.82) is 0 Å². The Balaban J connectivity index is 0. The first-order valence-corrected chi connectivity index (χ1v) is 3.55. The monoisotopic (exact) mass is 224 g/mol. The Hall–Kier alpha value is -0.350. The van der Waals surface area contributed by atoms with E-state index in [1.165, 1.54) is 0 Å². The van der Waals surface area contributed by atoms with Gasteiger partial charge in [-0.1, -0.05) is 0 Å². The molecule has 1 aromatic rings. The van der Waals surface area contributed by atoms with Crippen LogP contribution in [0, 0.1) is 0 Å². The largest absolute Gasteiger partial charge is 0.387 e. The molecule has 0 amide bonds. The van der Waals surface area contributed by atoms with E-state index in [9.17, 15) is 5.11 Å². The summed E-state index contributed by atoms with van der Waals surface area (Å²) < 4.78 is 0. The summed E-state index contributed by atoms with van der Waals surface area (Å²) in [6.45, 7) is 1.77. The van der Waals surface area contributed by atoms with Gasteiger partial charge in [0.2, 0.25) is 0 Å². The highest BCUT2D eigenvalue weighted by Gasteiger charge is 2.10. The number of nitrogens with zero attached hydrogens (tertiary/aromatic N) is 1. The average Bonchev–Trinajstić information content (AvgIpc) is 2.05. The Morgan fingerprint density at radius 2 is 1.77 bits per heavy atom. The molecule has 0 spiro atoms. The molecule has 3 N–H and O–H groups in total. The summed E-state index contributed by atoms with van der Waals surface area (Å²) in [5.74, 6) is 0. The van der Waals surface area contributed by atoms with Crippen LogP contribution in [0.15, 0.2) is 24.5 Å². The molecule has 1 rings (SSSR count). The second-order valence-corrected chi connectivity index (χ2v) is 2.58. The van der Waals surface area contributed by atoms with Crippen molar-refractivity contribution in [3.63, 3.8) is 0 Å². The Labute approximate surface area is 90.2 Å². The number of aliphatic hydroxyl groups is 1. The van der Waals surface area contributed by atoms with Crippen LogP contribution in [0.4, 0.5) is 0 Å². The van der Waals surface area contributed by atoms with E-state index in [2.05, 4.69) is 4.98 Å². The van der Waals surface area contributed by atoms with Crippen molar-refractivity contribution in [2.24, 2.45) is 5.73 Å². The molecule has 3 nitrogen and oxygen atoms in total. The maximum atomic E-state index is 9.44. The molecule has 0 aliphatic heterocycles. The number of pyridine rings is 1. The van der Waals surface area contributed by atoms with Crippen molar-refractivity contribution in [2.45, 2.75) is 19.1 Å². The van der Waals surface area contributed by atoms with Crippen LogP contribution in [0.25, 0.3) is 0 Å². The van der Waals surface area contributed by atoms with Crippen LogP contribution in [0.2, 0.25) is 0 Å². The van der Waals surface area contributed by atoms with Gasteiger partial charge in [0, 0.05) is 18.4 Å². The number of aromatic nitrogens is 1. The van der Waals surface area contributed by atoms with E-state index in [-0.39, 0.29) is 30.9 Å². The van der Waals surface area contributed by atoms with Crippen LogP contribution in [0.5, 0.6) is 0 Å². The zero-order valence-corrected chi connectivity index (χ0v) is 8.89. The minimum atomic E-state index is -0.585. The van der Waals surface area contributed by atoms with Crippen LogP contribution in [0.1, 0.15) is 18.6 Å². The van der Waals surface area contributed by atoms with E-state index < -0.39 is 6.10 Å². The predicted molar refractivity (Wildman–Crippen MR) is 57.3 cm³/mol. The van der Waals surface area contributed by atoms with Gasteiger partial charge in [0.1, 0.15) is 0 Å². The zero-order valence-electron chi connectivity index (χ0n) is 7.25. The Morgan fingerprint density at radius 1 is 1.31 bits per heavy atom. The lowest BCUT2D eigenvalue weighted by Gasteiger charge is -2.13. The fourth-order valence-corrected chi connectivity index (χ4v) is 0.864. The maximum absolute atomic E-state index is 9.44. The lowest BCUT2D eigenvalue weighted by atomic mass is 10.1. The summed E-state index contributed by atoms with van der Waals surface area (Å²) >= 11 is 0. The van der Waals surface area contributed by atoms with Crippen LogP contribution in [-0.4, -0.2) is 16.1 Å². The van der Waals surface area contributed by atoms with Crippen LogP contribution in [0.3, 0.4) is 0 Å². The first-order chi connectivity index (χ1) is 5.22. The smallest absolute Gasteiger partial charge is 0.0939 e. The third-order valence-electron chi connectivity index (χ3n) is 1.55. The highest BCUT2D eigenvalue weighted by molar-refractivity contribution is 5.85. The first kappa shape index (κ1) is 15.1. The third-order valence-corrected chi connectivity index (χ3v) is 1.55. The summed E-state index contributed by atoms with van der Waals surface area (Å²) in [7, 11) is 0. The second kappa shape index (κ2) is 7.09. The zero-order chi connectivity index (χ0) is 8.27. The minimum Gasteiger partial charge on any atom is -0.387 e. The quantitative estimate of drug-likeness (QED) is 0.797. The number of halogens is 2. The van der Waals surface area contributed by atoms with Crippen molar-refractivity contribution in [2.75, 3.05) is 0 Å². The number of rotatable bonds is 2. The van der Waals surface area contributed by atoms with Crippen LogP contribution >= 0.6 is 24.8 Å². The molecule has 0 fully saturated rings. The molecule has 76 valence electrons. The van der Waals surface area contributed by atoms with Gasteiger partial charge in [0.25, 0.3) is 0 Å². The molecule has 2 atom stereocenters. The molecule has 0 saturated heterocycles. The van der Waals surface area contributed by atoms with Crippen molar-refractivity contribution < 1.29 is 5.11 Å². The normalized spacial score (nSPS) is 13.5. The van der Waals surface area contributed by atoms with E-state index in [0.717, 1.165) is 5.56 Å². The fourth-order valence-electron chi connectivity index (χ4n) is 0.864. The number of hydrogen-bond donors (Lipinski definition) is 2. The molecular formula is C8H14Cl2N2O. The summed E-state index contributed by atoms with van der Waals surface area (Å²) in [6.07, 6.45) is 2.69. The van der Waals surface area contributed by atoms with Gasteiger partial charge in [-0.25, -0.2) is 0 Å². The van der Waals surface area contributed by atoms with E-state index in [1.54, 1.807) is 31.5 Å². The van der Waals surface area contributed by atoms with Crippen molar-refractivity contribution in [3.05, 3.63) is 30.1 Å². The lowest BCUT2D eigenvalue weighted by molar-refractivity contribution is 0.153. The SMILES string of the molecule is CC(N)C(O)c1ccncc1.Cl.Cl. The van der Waals surface area contributed by atoms with Gasteiger partial charge in [-0.15, -0.1) is 24.8 Å². The molecular weight excluding hydrogens is 211 g/mol. The number of aliphatic hydroxyl groups excluding tert-OH is 1. The van der Waals surface area contributed by atoms with Crippen molar-refractivity contribution >= 4 is 24.8 Å². The highest BCUT2D eigenvalue weighted by Crippen LogP contribution is 2.12. The van der Waals surface area contributed by atoms with Crippen LogP contribution < -0.4 is 5.73 Å². The second-order valence-electron chi connectivity index (χ2n) is 2.58. The molecule has 1 aromatic heterocycles. The van der Waals surface area contributed by atoms with Crippen molar-refractivity contribution in [3.8, 4) is 0 Å². The van der Waals surface area contributed by atoms with Gasteiger partial charge in [-0.2, -0.15) is 0 Å². The minimum absolute atomic E-state index is 0. The first-order valence-electron chi connectivity index (χ1n) is 3.55. The molecule has 0 aliphatic carbocycles. The molecule has 0 bridgehead atoms. The Bertz CT molecular complexity index is 219. The van der Waals surface area contributed by atoms with Crippen LogP contribution in [-0.2, 0) is 0 Å².